The Balaban J connectivity index is 4.18. The molecule has 0 spiro atoms. The third kappa shape index (κ3) is 68.5. The Morgan fingerprint density at radius 3 is 0.920 bits per heavy atom. The van der Waals surface area contributed by atoms with Crippen molar-refractivity contribution in [2.45, 2.75) is 283 Å². The number of quaternary nitrogens is 1. The molecule has 0 bridgehead atoms. The zero-order valence-electron chi connectivity index (χ0n) is 56.4. The summed E-state index contributed by atoms with van der Waals surface area (Å²) in [7, 11) is 5.97. The van der Waals surface area contributed by atoms with Gasteiger partial charge in [0.1, 0.15) is 13.2 Å². The molecule has 0 saturated carbocycles. The van der Waals surface area contributed by atoms with Gasteiger partial charge in [-0.25, -0.2) is 4.79 Å². The van der Waals surface area contributed by atoms with Crippen LogP contribution in [0.15, 0.2) is 146 Å². The minimum atomic E-state index is -1.52. The standard InChI is InChI=1S/C78H129NO8/c1-6-8-10-12-14-16-18-20-22-24-26-28-30-32-34-36-37-38-39-41-43-45-47-49-51-53-55-57-59-61-63-65-67-69-76(81)87-74(73-86-78(77(82)83)84-71-70-79(3,4)5)72-85-75(80)68-66-64-62-60-58-56-54-52-50-48-46-44-42-40-35-33-31-29-27-25-23-21-19-17-15-13-11-9-7-2/h8-11,14-17,20-23,26-29,32,34,37-38,41,43,47,49,74,78H,6-7,12-13,18-19,24-25,30-31,33,35-36,39-40,42,44-46,48,50-73H2,1-5H3/p+1/b10-8-,11-9-,16-14-,17-15-,22-20-,23-21-,28-26-,29-27-,34-32-,38-37-,43-41-,49-47-. The van der Waals surface area contributed by atoms with E-state index in [2.05, 4.69) is 160 Å². The van der Waals surface area contributed by atoms with E-state index in [-0.39, 0.29) is 32.2 Å². The summed E-state index contributed by atoms with van der Waals surface area (Å²) in [6.07, 6.45) is 95.2. The zero-order valence-corrected chi connectivity index (χ0v) is 56.4. The minimum absolute atomic E-state index is 0.179. The van der Waals surface area contributed by atoms with Gasteiger partial charge >= 0.3 is 17.9 Å². The van der Waals surface area contributed by atoms with Gasteiger partial charge in [-0.05, 0) is 116 Å². The fraction of sp³-hybridized carbons (Fsp3) is 0.654. The predicted molar refractivity (Wildman–Crippen MR) is 373 cm³/mol. The van der Waals surface area contributed by atoms with Gasteiger partial charge in [0.05, 0.1) is 34.4 Å². The highest BCUT2D eigenvalue weighted by Gasteiger charge is 2.25. The number of hydrogen-bond donors (Lipinski definition) is 1. The maximum atomic E-state index is 12.9. The predicted octanol–water partition coefficient (Wildman–Crippen LogP) is 21.9. The van der Waals surface area contributed by atoms with Gasteiger partial charge in [-0.3, -0.25) is 9.59 Å². The van der Waals surface area contributed by atoms with Gasteiger partial charge in [0.2, 0.25) is 0 Å². The topological polar surface area (TPSA) is 108 Å². The smallest absolute Gasteiger partial charge is 0.361 e. The van der Waals surface area contributed by atoms with Crippen LogP contribution in [0.4, 0.5) is 0 Å². The van der Waals surface area contributed by atoms with Gasteiger partial charge in [-0.2, -0.15) is 0 Å². The number of ether oxygens (including phenoxy) is 4. The summed E-state index contributed by atoms with van der Waals surface area (Å²) in [5, 5.41) is 9.75. The average Bonchev–Trinajstić information content (AvgIpc) is 3.59. The van der Waals surface area contributed by atoms with E-state index in [9.17, 15) is 19.5 Å². The third-order valence-electron chi connectivity index (χ3n) is 14.6. The molecule has 87 heavy (non-hydrogen) atoms. The van der Waals surface area contributed by atoms with E-state index in [1.165, 1.54) is 116 Å². The number of unbranched alkanes of at least 4 members (excludes halogenated alkanes) is 24. The number of carbonyl (C=O) groups is 3. The van der Waals surface area contributed by atoms with Crippen LogP contribution in [-0.2, 0) is 33.3 Å². The van der Waals surface area contributed by atoms with Gasteiger partial charge in [0.15, 0.2) is 6.10 Å². The molecule has 0 aliphatic rings. The van der Waals surface area contributed by atoms with Crippen LogP contribution in [0.3, 0.4) is 0 Å². The molecule has 9 heteroatoms. The molecule has 0 radical (unpaired) electrons. The van der Waals surface area contributed by atoms with Gasteiger partial charge < -0.3 is 28.5 Å². The lowest BCUT2D eigenvalue weighted by Crippen LogP contribution is -2.40. The van der Waals surface area contributed by atoms with Crippen molar-refractivity contribution in [1.82, 2.24) is 0 Å². The quantitative estimate of drug-likeness (QED) is 0.0211. The van der Waals surface area contributed by atoms with Crippen LogP contribution in [0.1, 0.15) is 271 Å². The molecule has 9 nitrogen and oxygen atoms in total. The second kappa shape index (κ2) is 67.1. The van der Waals surface area contributed by atoms with Crippen molar-refractivity contribution in [3.05, 3.63) is 146 Å². The molecule has 494 valence electrons. The van der Waals surface area contributed by atoms with Gasteiger partial charge in [-0.15, -0.1) is 0 Å². The largest absolute Gasteiger partial charge is 0.477 e. The summed E-state index contributed by atoms with van der Waals surface area (Å²) in [5.41, 5.74) is 0. The Bertz CT molecular complexity index is 1940. The first-order valence-corrected chi connectivity index (χ1v) is 35.0. The molecule has 0 saturated heterocycles. The van der Waals surface area contributed by atoms with Gasteiger partial charge in [0, 0.05) is 12.8 Å². The van der Waals surface area contributed by atoms with E-state index in [4.69, 9.17) is 18.9 Å². The van der Waals surface area contributed by atoms with E-state index in [0.29, 0.717) is 23.9 Å². The highest BCUT2D eigenvalue weighted by Crippen LogP contribution is 2.17. The summed E-state index contributed by atoms with van der Waals surface area (Å²) >= 11 is 0. The lowest BCUT2D eigenvalue weighted by atomic mass is 10.0. The van der Waals surface area contributed by atoms with Gasteiger partial charge in [-0.1, -0.05) is 288 Å². The summed E-state index contributed by atoms with van der Waals surface area (Å²) in [4.78, 5) is 37.6. The molecule has 0 aliphatic heterocycles. The van der Waals surface area contributed by atoms with Gasteiger partial charge in [0.25, 0.3) is 6.29 Å². The van der Waals surface area contributed by atoms with Crippen LogP contribution in [0.2, 0.25) is 0 Å². The number of esters is 2. The van der Waals surface area contributed by atoms with Crippen molar-refractivity contribution in [1.29, 1.82) is 0 Å². The molecule has 0 fully saturated rings. The van der Waals surface area contributed by atoms with Crippen molar-refractivity contribution in [3.63, 3.8) is 0 Å². The van der Waals surface area contributed by atoms with E-state index >= 15 is 0 Å². The zero-order chi connectivity index (χ0) is 63.3. The molecule has 0 aromatic rings. The Kier molecular flexibility index (Phi) is 63.4. The lowest BCUT2D eigenvalue weighted by molar-refractivity contribution is -0.870. The van der Waals surface area contributed by atoms with Crippen LogP contribution < -0.4 is 0 Å². The summed E-state index contributed by atoms with van der Waals surface area (Å²) in [6.45, 7) is 4.65. The molecule has 2 unspecified atom stereocenters. The molecule has 0 rings (SSSR count). The van der Waals surface area contributed by atoms with Crippen molar-refractivity contribution in [2.24, 2.45) is 0 Å². The summed E-state index contributed by atoms with van der Waals surface area (Å²) in [5.74, 6) is -2.02. The van der Waals surface area contributed by atoms with E-state index in [1.54, 1.807) is 0 Å². The first kappa shape index (κ1) is 82.2. The SMILES string of the molecule is CC/C=C\C/C=C\C/C=C\C/C=C\C/C=C\C/C=C\C/C=C\C/C=C\CCCCCCCCCCC(=O)OC(COC(=O)CCCCCCCCCCCCCCCCCC/C=C\C/C=C\C/C=C\C/C=C\CC)COC(OCC[N+](C)(C)C)C(=O)O. The van der Waals surface area contributed by atoms with E-state index in [0.717, 1.165) is 122 Å². The van der Waals surface area contributed by atoms with Crippen molar-refractivity contribution in [2.75, 3.05) is 47.5 Å². The number of rotatable bonds is 63. The van der Waals surface area contributed by atoms with Crippen LogP contribution in [0.5, 0.6) is 0 Å². The van der Waals surface area contributed by atoms with Crippen LogP contribution in [0.25, 0.3) is 0 Å². The Hall–Kier alpha value is -4.83. The first-order chi connectivity index (χ1) is 42.6. The number of hydrogen-bond acceptors (Lipinski definition) is 7. The summed E-state index contributed by atoms with van der Waals surface area (Å²) in [6, 6.07) is 0. The molecule has 0 aromatic heterocycles. The second-order valence-corrected chi connectivity index (χ2v) is 24.1. The number of aliphatic carboxylic acids is 1. The number of likely N-dealkylation sites (N-methyl/N-ethyl adjacent to an activating group) is 1. The number of allylic oxidation sites excluding steroid dienone is 24. The molecular formula is C78H130NO8+. The van der Waals surface area contributed by atoms with Crippen molar-refractivity contribution in [3.8, 4) is 0 Å². The van der Waals surface area contributed by atoms with Crippen molar-refractivity contribution < 1.29 is 42.9 Å². The monoisotopic (exact) mass is 1210 g/mol. The van der Waals surface area contributed by atoms with E-state index in [1.807, 2.05) is 21.1 Å². The fourth-order valence-electron chi connectivity index (χ4n) is 9.32. The molecule has 0 aliphatic carbocycles. The molecular weight excluding hydrogens is 1080 g/mol. The highest BCUT2D eigenvalue weighted by molar-refractivity contribution is 5.71. The maximum Gasteiger partial charge on any atom is 0.361 e. The Morgan fingerprint density at radius 1 is 0.345 bits per heavy atom. The van der Waals surface area contributed by atoms with Crippen LogP contribution in [0, 0.1) is 0 Å². The molecule has 1 N–H and O–H groups in total. The number of carbonyl (C=O) groups excluding carboxylic acids is 2. The number of nitrogens with zero attached hydrogens (tertiary/aromatic N) is 1. The average molecular weight is 1210 g/mol. The number of carboxylic acids is 1. The molecule has 2 atom stereocenters. The summed E-state index contributed by atoms with van der Waals surface area (Å²) < 4.78 is 23.0. The Labute approximate surface area is 534 Å². The number of carboxylic acid groups (broad SMARTS) is 1. The normalized spacial score (nSPS) is 13.6. The van der Waals surface area contributed by atoms with Crippen molar-refractivity contribution >= 4 is 17.9 Å². The van der Waals surface area contributed by atoms with E-state index < -0.39 is 24.3 Å². The minimum Gasteiger partial charge on any atom is -0.477 e. The maximum absolute atomic E-state index is 12.9. The fourth-order valence-corrected chi connectivity index (χ4v) is 9.32. The van der Waals surface area contributed by atoms with Crippen LogP contribution >= 0.6 is 0 Å². The second-order valence-electron chi connectivity index (χ2n) is 24.1. The highest BCUT2D eigenvalue weighted by atomic mass is 16.7. The van der Waals surface area contributed by atoms with Crippen LogP contribution in [-0.4, -0.2) is 87.4 Å². The first-order valence-electron chi connectivity index (χ1n) is 35.0. The Morgan fingerprint density at radius 2 is 0.621 bits per heavy atom. The lowest BCUT2D eigenvalue weighted by Gasteiger charge is -2.25. The molecule has 0 amide bonds. The third-order valence-corrected chi connectivity index (χ3v) is 14.6. The molecule has 0 heterocycles. The molecule has 0 aromatic carbocycles.